The monoisotopic (exact) mass is 405 g/mol. The summed E-state index contributed by atoms with van der Waals surface area (Å²) in [7, 11) is 0. The zero-order valence-electron chi connectivity index (χ0n) is 16.6. The summed E-state index contributed by atoms with van der Waals surface area (Å²) in [5, 5.41) is 6.31. The van der Waals surface area contributed by atoms with Gasteiger partial charge < -0.3 is 15.4 Å². The first-order chi connectivity index (χ1) is 13.4. The molecule has 7 heteroatoms. The lowest BCUT2D eigenvalue weighted by atomic mass is 9.91. The SMILES string of the molecule is CCOC(=O)C1=C(CN2C[C@H](C)C[C@@H](C)C2)NC(=O)N[C@@H]1c1ccc(Cl)cc1. The molecule has 3 atom stereocenters. The van der Waals surface area contributed by atoms with E-state index < -0.39 is 12.0 Å². The van der Waals surface area contributed by atoms with E-state index >= 15 is 0 Å². The molecule has 1 fully saturated rings. The quantitative estimate of drug-likeness (QED) is 0.735. The van der Waals surface area contributed by atoms with E-state index in [1.165, 1.54) is 6.42 Å². The summed E-state index contributed by atoms with van der Waals surface area (Å²) < 4.78 is 5.32. The van der Waals surface area contributed by atoms with Crippen LogP contribution < -0.4 is 10.6 Å². The third-order valence-corrected chi connectivity index (χ3v) is 5.43. The number of likely N-dealkylation sites (tertiary alicyclic amines) is 1. The van der Waals surface area contributed by atoms with Crippen molar-refractivity contribution in [3.63, 3.8) is 0 Å². The number of benzene rings is 1. The highest BCUT2D eigenvalue weighted by Crippen LogP contribution is 2.30. The summed E-state index contributed by atoms with van der Waals surface area (Å²) in [6, 6.07) is 6.25. The van der Waals surface area contributed by atoms with E-state index in [4.69, 9.17) is 16.3 Å². The van der Waals surface area contributed by atoms with E-state index in [9.17, 15) is 9.59 Å². The van der Waals surface area contributed by atoms with E-state index in [0.29, 0.717) is 34.7 Å². The van der Waals surface area contributed by atoms with Crippen LogP contribution in [0.15, 0.2) is 35.5 Å². The Kier molecular flexibility index (Phi) is 6.62. The highest BCUT2D eigenvalue weighted by atomic mass is 35.5. The van der Waals surface area contributed by atoms with Gasteiger partial charge in [-0.1, -0.05) is 37.6 Å². The van der Waals surface area contributed by atoms with Crippen LogP contribution in [-0.2, 0) is 9.53 Å². The smallest absolute Gasteiger partial charge is 0.338 e. The molecule has 0 saturated carbocycles. The number of carbonyl (C=O) groups is 2. The molecule has 1 aromatic rings. The molecule has 0 unspecified atom stereocenters. The van der Waals surface area contributed by atoms with Crippen molar-refractivity contribution in [1.29, 1.82) is 0 Å². The Balaban J connectivity index is 1.96. The molecular formula is C21H28ClN3O3. The highest BCUT2D eigenvalue weighted by Gasteiger charge is 2.35. The van der Waals surface area contributed by atoms with Gasteiger partial charge in [0.25, 0.3) is 0 Å². The Morgan fingerprint density at radius 3 is 2.46 bits per heavy atom. The maximum atomic E-state index is 12.8. The number of nitrogens with one attached hydrogen (secondary N) is 2. The normalized spacial score (nSPS) is 25.9. The molecule has 6 nitrogen and oxygen atoms in total. The van der Waals surface area contributed by atoms with Gasteiger partial charge in [0, 0.05) is 30.4 Å². The topological polar surface area (TPSA) is 70.7 Å². The highest BCUT2D eigenvalue weighted by molar-refractivity contribution is 6.30. The minimum Gasteiger partial charge on any atom is -0.463 e. The second kappa shape index (κ2) is 8.97. The molecule has 1 aromatic carbocycles. The summed E-state index contributed by atoms with van der Waals surface area (Å²) >= 11 is 6.00. The second-order valence-electron chi connectivity index (χ2n) is 7.84. The van der Waals surface area contributed by atoms with Gasteiger partial charge in [-0.25, -0.2) is 9.59 Å². The Hall–Kier alpha value is -2.05. The number of esters is 1. The number of rotatable bonds is 5. The number of nitrogens with zero attached hydrogens (tertiary/aromatic N) is 1. The van der Waals surface area contributed by atoms with Crippen LogP contribution in [0.2, 0.25) is 5.02 Å². The van der Waals surface area contributed by atoms with Crippen LogP contribution in [0.5, 0.6) is 0 Å². The van der Waals surface area contributed by atoms with Gasteiger partial charge in [-0.3, -0.25) is 4.90 Å². The molecule has 152 valence electrons. The molecule has 2 N–H and O–H groups in total. The summed E-state index contributed by atoms with van der Waals surface area (Å²) in [4.78, 5) is 27.5. The molecule has 28 heavy (non-hydrogen) atoms. The molecule has 0 radical (unpaired) electrons. The number of carbonyl (C=O) groups excluding carboxylic acids is 2. The van der Waals surface area contributed by atoms with Crippen molar-refractivity contribution in [2.75, 3.05) is 26.2 Å². The Labute approximate surface area is 171 Å². The first-order valence-electron chi connectivity index (χ1n) is 9.82. The maximum Gasteiger partial charge on any atom is 0.338 e. The zero-order valence-corrected chi connectivity index (χ0v) is 17.4. The molecule has 0 spiro atoms. The van der Waals surface area contributed by atoms with Gasteiger partial charge in [-0.05, 0) is 42.9 Å². The fourth-order valence-corrected chi connectivity index (χ4v) is 4.37. The fraction of sp³-hybridized carbons (Fsp3) is 0.524. The van der Waals surface area contributed by atoms with Crippen LogP contribution in [0.3, 0.4) is 0 Å². The van der Waals surface area contributed by atoms with Crippen LogP contribution in [0.1, 0.15) is 38.8 Å². The Morgan fingerprint density at radius 2 is 1.86 bits per heavy atom. The van der Waals surface area contributed by atoms with Gasteiger partial charge in [0.2, 0.25) is 0 Å². The fourth-order valence-electron chi connectivity index (χ4n) is 4.24. The van der Waals surface area contributed by atoms with Gasteiger partial charge in [-0.2, -0.15) is 0 Å². The van der Waals surface area contributed by atoms with Crippen LogP contribution in [-0.4, -0.2) is 43.1 Å². The number of piperidine rings is 1. The van der Waals surface area contributed by atoms with Crippen molar-refractivity contribution in [2.24, 2.45) is 11.8 Å². The molecule has 0 bridgehead atoms. The predicted molar refractivity (Wildman–Crippen MR) is 109 cm³/mol. The molecule has 3 rings (SSSR count). The maximum absolute atomic E-state index is 12.8. The van der Waals surface area contributed by atoms with E-state index in [-0.39, 0.29) is 12.6 Å². The summed E-state index contributed by atoms with van der Waals surface area (Å²) in [6.07, 6.45) is 1.20. The summed E-state index contributed by atoms with van der Waals surface area (Å²) in [5.74, 6) is 0.753. The lowest BCUT2D eigenvalue weighted by Crippen LogP contribution is -2.50. The Morgan fingerprint density at radius 1 is 1.21 bits per heavy atom. The van der Waals surface area contributed by atoms with Gasteiger partial charge in [-0.15, -0.1) is 0 Å². The molecule has 2 amide bonds. The minimum atomic E-state index is -0.570. The van der Waals surface area contributed by atoms with Gasteiger partial charge >= 0.3 is 12.0 Å². The lowest BCUT2D eigenvalue weighted by molar-refractivity contribution is -0.139. The van der Waals surface area contributed by atoms with Crippen molar-refractivity contribution in [3.05, 3.63) is 46.1 Å². The first kappa shape index (κ1) is 20.7. The minimum absolute atomic E-state index is 0.273. The van der Waals surface area contributed by atoms with E-state index in [1.54, 1.807) is 19.1 Å². The second-order valence-corrected chi connectivity index (χ2v) is 8.27. The molecular weight excluding hydrogens is 378 g/mol. The summed E-state index contributed by atoms with van der Waals surface area (Å²) in [6.45, 7) is 8.92. The van der Waals surface area contributed by atoms with Crippen LogP contribution in [0.25, 0.3) is 0 Å². The predicted octanol–water partition coefficient (Wildman–Crippen LogP) is 3.49. The molecule has 1 saturated heterocycles. The van der Waals surface area contributed by atoms with Crippen molar-refractivity contribution in [3.8, 4) is 0 Å². The van der Waals surface area contributed by atoms with Crippen molar-refractivity contribution in [1.82, 2.24) is 15.5 Å². The van der Waals surface area contributed by atoms with Crippen molar-refractivity contribution >= 4 is 23.6 Å². The number of amides is 2. The molecule has 2 aliphatic rings. The molecule has 2 heterocycles. The van der Waals surface area contributed by atoms with Crippen LogP contribution in [0, 0.1) is 11.8 Å². The van der Waals surface area contributed by atoms with Gasteiger partial charge in [0.1, 0.15) is 0 Å². The van der Waals surface area contributed by atoms with Crippen molar-refractivity contribution < 1.29 is 14.3 Å². The van der Waals surface area contributed by atoms with E-state index in [0.717, 1.165) is 18.7 Å². The third kappa shape index (κ3) is 4.86. The number of hydrogen-bond donors (Lipinski definition) is 2. The zero-order chi connectivity index (χ0) is 20.3. The van der Waals surface area contributed by atoms with E-state index in [1.807, 2.05) is 12.1 Å². The van der Waals surface area contributed by atoms with Gasteiger partial charge in [0.15, 0.2) is 0 Å². The van der Waals surface area contributed by atoms with Gasteiger partial charge in [0.05, 0.1) is 18.2 Å². The lowest BCUT2D eigenvalue weighted by Gasteiger charge is -2.37. The molecule has 0 aromatic heterocycles. The standard InChI is InChI=1S/C21H28ClN3O3/c1-4-28-20(26)18-17(12-25-10-13(2)9-14(3)11-25)23-21(27)24-19(18)15-5-7-16(22)8-6-15/h5-8,13-14,19H,4,9-12H2,1-3H3,(H2,23,24,27)/t13-,14-,19-/m1/s1. The van der Waals surface area contributed by atoms with Crippen molar-refractivity contribution in [2.45, 2.75) is 33.2 Å². The average molecular weight is 406 g/mol. The number of halogens is 1. The van der Waals surface area contributed by atoms with Crippen LogP contribution in [0.4, 0.5) is 4.79 Å². The molecule has 2 aliphatic heterocycles. The largest absolute Gasteiger partial charge is 0.463 e. The van der Waals surface area contributed by atoms with Crippen LogP contribution >= 0.6 is 11.6 Å². The summed E-state index contributed by atoms with van der Waals surface area (Å²) in [5.41, 5.74) is 1.86. The van der Waals surface area contributed by atoms with E-state index in [2.05, 4.69) is 29.4 Å². The first-order valence-corrected chi connectivity index (χ1v) is 10.2. The average Bonchev–Trinajstić information content (AvgIpc) is 2.61. The molecule has 0 aliphatic carbocycles. The number of urea groups is 1. The third-order valence-electron chi connectivity index (χ3n) is 5.18. The number of hydrogen-bond acceptors (Lipinski definition) is 4. The Bertz CT molecular complexity index is 753. The number of ether oxygens (including phenoxy) is 1.